The fourth-order valence-corrected chi connectivity index (χ4v) is 7.02. The summed E-state index contributed by atoms with van der Waals surface area (Å²) in [6.07, 6.45) is 14.9. The normalized spacial score (nSPS) is 22.6. The molecule has 0 saturated carbocycles. The van der Waals surface area contributed by atoms with E-state index < -0.39 is 0 Å². The van der Waals surface area contributed by atoms with Gasteiger partial charge in [0.25, 0.3) is 0 Å². The van der Waals surface area contributed by atoms with Gasteiger partial charge in [0.15, 0.2) is 0 Å². The molecule has 0 aliphatic carbocycles. The van der Waals surface area contributed by atoms with Crippen LogP contribution < -0.4 is 29.4 Å². The first kappa shape index (κ1) is 27.6. The lowest BCUT2D eigenvalue weighted by Gasteiger charge is -2.37. The molecule has 7 heterocycles. The average Bonchev–Trinajstić information content (AvgIpc) is 3.09. The molecule has 7 rings (SSSR count). The van der Waals surface area contributed by atoms with Crippen molar-refractivity contribution >= 4 is 35.7 Å². The van der Waals surface area contributed by atoms with Crippen molar-refractivity contribution in [2.75, 3.05) is 108 Å². The molecule has 5 saturated heterocycles. The molecule has 12 nitrogen and oxygen atoms in total. The summed E-state index contributed by atoms with van der Waals surface area (Å²) in [5, 5.41) is 0. The van der Waals surface area contributed by atoms with Gasteiger partial charge in [-0.15, -0.1) is 0 Å². The topological polar surface area (TPSA) is 96.8 Å². The van der Waals surface area contributed by atoms with Gasteiger partial charge in [-0.2, -0.15) is 29.9 Å². The Morgan fingerprint density at radius 2 is 0.381 bits per heavy atom. The van der Waals surface area contributed by atoms with Gasteiger partial charge in [0.1, 0.15) is 0 Å². The van der Waals surface area contributed by atoms with E-state index in [2.05, 4.69) is 29.4 Å². The second-order valence-corrected chi connectivity index (χ2v) is 12.6. The third-order valence-electron chi connectivity index (χ3n) is 9.60. The summed E-state index contributed by atoms with van der Waals surface area (Å²) in [6, 6.07) is 0. The minimum absolute atomic E-state index is 0.824. The molecule has 0 radical (unpaired) electrons. The van der Waals surface area contributed by atoms with Crippen LogP contribution in [0.15, 0.2) is 0 Å². The zero-order chi connectivity index (χ0) is 28.1. The van der Waals surface area contributed by atoms with Gasteiger partial charge in [0, 0.05) is 78.5 Å². The molecule has 2 aromatic heterocycles. The highest BCUT2D eigenvalue weighted by Crippen LogP contribution is 2.27. The Morgan fingerprint density at radius 1 is 0.214 bits per heavy atom. The van der Waals surface area contributed by atoms with Crippen LogP contribution in [0.3, 0.4) is 0 Å². The van der Waals surface area contributed by atoms with Gasteiger partial charge in [-0.1, -0.05) is 0 Å². The molecule has 0 spiro atoms. The van der Waals surface area contributed by atoms with Crippen molar-refractivity contribution < 1.29 is 0 Å². The fraction of sp³-hybridized carbons (Fsp3) is 0.800. The molecule has 5 fully saturated rings. The van der Waals surface area contributed by atoms with Crippen LogP contribution in [0.2, 0.25) is 0 Å². The quantitative estimate of drug-likeness (QED) is 0.505. The van der Waals surface area contributed by atoms with Crippen LogP contribution in [-0.4, -0.2) is 108 Å². The van der Waals surface area contributed by atoms with Crippen LogP contribution in [0.1, 0.15) is 77.0 Å². The van der Waals surface area contributed by atoms with Gasteiger partial charge in [-0.05, 0) is 77.0 Å². The Kier molecular flexibility index (Phi) is 8.55. The van der Waals surface area contributed by atoms with Crippen molar-refractivity contribution in [2.45, 2.75) is 77.0 Å². The lowest BCUT2D eigenvalue weighted by atomic mass is 10.1. The Balaban J connectivity index is 1.11. The zero-order valence-electron chi connectivity index (χ0n) is 25.3. The fourth-order valence-electron chi connectivity index (χ4n) is 7.02. The second kappa shape index (κ2) is 13.0. The van der Waals surface area contributed by atoms with Crippen molar-refractivity contribution in [1.82, 2.24) is 29.9 Å². The summed E-state index contributed by atoms with van der Waals surface area (Å²) in [7, 11) is 0. The van der Waals surface area contributed by atoms with Gasteiger partial charge >= 0.3 is 0 Å². The predicted molar refractivity (Wildman–Crippen MR) is 168 cm³/mol. The monoisotopic (exact) mass is 576 g/mol. The van der Waals surface area contributed by atoms with Crippen molar-refractivity contribution in [2.24, 2.45) is 0 Å². The molecule has 2 aromatic rings. The second-order valence-electron chi connectivity index (χ2n) is 12.6. The highest BCUT2D eigenvalue weighted by Gasteiger charge is 2.28. The van der Waals surface area contributed by atoms with E-state index in [1.54, 1.807) is 0 Å². The number of anilines is 6. The summed E-state index contributed by atoms with van der Waals surface area (Å²) in [6.45, 7) is 11.7. The molecule has 5 aliphatic heterocycles. The van der Waals surface area contributed by atoms with Crippen LogP contribution >= 0.6 is 0 Å². The highest BCUT2D eigenvalue weighted by molar-refractivity contribution is 5.50. The van der Waals surface area contributed by atoms with E-state index in [0.29, 0.717) is 0 Å². The minimum atomic E-state index is 0.824. The molecule has 228 valence electrons. The number of hydrogen-bond donors (Lipinski definition) is 0. The van der Waals surface area contributed by atoms with E-state index >= 15 is 0 Å². The molecule has 0 bridgehead atoms. The Bertz CT molecular complexity index is 997. The first-order valence-electron chi connectivity index (χ1n) is 16.8. The zero-order valence-corrected chi connectivity index (χ0v) is 25.3. The lowest BCUT2D eigenvalue weighted by molar-refractivity contribution is 0.550. The first-order valence-corrected chi connectivity index (χ1v) is 16.8. The van der Waals surface area contributed by atoms with E-state index in [9.17, 15) is 0 Å². The Hall–Kier alpha value is -3.18. The molecule has 0 N–H and O–H groups in total. The van der Waals surface area contributed by atoms with Crippen molar-refractivity contribution in [1.29, 1.82) is 0 Å². The summed E-state index contributed by atoms with van der Waals surface area (Å²) >= 11 is 0. The van der Waals surface area contributed by atoms with Gasteiger partial charge < -0.3 is 29.4 Å². The maximum Gasteiger partial charge on any atom is 0.232 e. The first-order chi connectivity index (χ1) is 20.8. The Morgan fingerprint density at radius 3 is 0.571 bits per heavy atom. The molecule has 0 unspecified atom stereocenters. The van der Waals surface area contributed by atoms with E-state index in [-0.39, 0.29) is 0 Å². The van der Waals surface area contributed by atoms with Crippen molar-refractivity contribution in [3.05, 3.63) is 0 Å². The smallest absolute Gasteiger partial charge is 0.232 e. The molecule has 42 heavy (non-hydrogen) atoms. The third kappa shape index (κ3) is 6.27. The average molecular weight is 577 g/mol. The van der Waals surface area contributed by atoms with Crippen LogP contribution in [-0.2, 0) is 0 Å². The predicted octanol–water partition coefficient (Wildman–Crippen LogP) is 3.34. The molecular weight excluding hydrogens is 528 g/mol. The van der Waals surface area contributed by atoms with E-state index in [4.69, 9.17) is 29.9 Å². The van der Waals surface area contributed by atoms with Crippen LogP contribution in [0.5, 0.6) is 0 Å². The largest absolute Gasteiger partial charge is 0.341 e. The van der Waals surface area contributed by atoms with Gasteiger partial charge in [0.2, 0.25) is 35.7 Å². The maximum absolute atomic E-state index is 5.05. The number of rotatable bonds is 6. The SMILES string of the molecule is C1CCN(c2nc(N3CCCCC3)nc(N3CCN(c4nc(N5CCCCC5)nc(N5CCCCC5)n4)CC3)n2)CC1. The van der Waals surface area contributed by atoms with Gasteiger partial charge in [-0.25, -0.2) is 0 Å². The van der Waals surface area contributed by atoms with E-state index in [1.807, 2.05) is 0 Å². The van der Waals surface area contributed by atoms with Gasteiger partial charge in [0.05, 0.1) is 0 Å². The number of piperidine rings is 4. The van der Waals surface area contributed by atoms with Gasteiger partial charge in [-0.3, -0.25) is 0 Å². The van der Waals surface area contributed by atoms with Crippen molar-refractivity contribution in [3.8, 4) is 0 Å². The lowest BCUT2D eigenvalue weighted by Crippen LogP contribution is -2.48. The molecule has 0 amide bonds. The summed E-state index contributed by atoms with van der Waals surface area (Å²) in [5.74, 6) is 5.08. The van der Waals surface area contributed by atoms with Crippen LogP contribution in [0, 0.1) is 0 Å². The van der Waals surface area contributed by atoms with E-state index in [0.717, 1.165) is 114 Å². The summed E-state index contributed by atoms with van der Waals surface area (Å²) in [5.41, 5.74) is 0. The molecular formula is C30H48N12. The third-order valence-corrected chi connectivity index (χ3v) is 9.60. The molecule has 5 aliphatic rings. The minimum Gasteiger partial charge on any atom is -0.341 e. The number of piperazine rings is 1. The number of nitrogens with zero attached hydrogens (tertiary/aromatic N) is 12. The molecule has 0 atom stereocenters. The highest BCUT2D eigenvalue weighted by atomic mass is 15.4. The van der Waals surface area contributed by atoms with Crippen LogP contribution in [0.25, 0.3) is 0 Å². The summed E-state index contributed by atoms with van der Waals surface area (Å²) < 4.78 is 0. The van der Waals surface area contributed by atoms with Crippen molar-refractivity contribution in [3.63, 3.8) is 0 Å². The van der Waals surface area contributed by atoms with Crippen LogP contribution in [0.4, 0.5) is 35.7 Å². The number of aromatic nitrogens is 6. The standard InChI is InChI=1S/C30H48N12/c1-5-13-37(14-6-1)25-31-26(38-15-7-2-8-16-38)34-29(33-25)41-21-23-42(24-22-41)30-35-27(39-17-9-3-10-18-39)32-28(36-30)40-19-11-4-12-20-40/h1-24H2. The van der Waals surface area contributed by atoms with E-state index in [1.165, 1.54) is 77.0 Å². The molecule has 0 aromatic carbocycles. The number of hydrogen-bond acceptors (Lipinski definition) is 12. The maximum atomic E-state index is 5.05. The summed E-state index contributed by atoms with van der Waals surface area (Å²) in [4.78, 5) is 44.4. The Labute approximate surface area is 250 Å². The molecule has 12 heteroatoms.